The molecule has 2 aromatic carbocycles. The third-order valence-corrected chi connectivity index (χ3v) is 3.13. The molecule has 23 heavy (non-hydrogen) atoms. The molecule has 0 bridgehead atoms. The fraction of sp³-hybridized carbons (Fsp3) is 0.222. The van der Waals surface area contributed by atoms with Crippen molar-refractivity contribution in [2.45, 2.75) is 19.8 Å². The molecule has 0 aliphatic heterocycles. The first-order valence-electron chi connectivity index (χ1n) is 7.47. The highest BCUT2D eigenvalue weighted by Gasteiger charge is 2.02. The van der Waals surface area contributed by atoms with Crippen LogP contribution >= 0.6 is 0 Å². The van der Waals surface area contributed by atoms with Crippen molar-refractivity contribution in [3.8, 4) is 5.75 Å². The molecule has 0 spiro atoms. The average Bonchev–Trinajstić information content (AvgIpc) is 2.56. The molecule has 0 aliphatic carbocycles. The third kappa shape index (κ3) is 5.54. The predicted octanol–water partition coefficient (Wildman–Crippen LogP) is 3.31. The van der Waals surface area contributed by atoms with Crippen molar-refractivity contribution in [1.82, 2.24) is 5.43 Å². The zero-order valence-electron chi connectivity index (χ0n) is 13.0. The summed E-state index contributed by atoms with van der Waals surface area (Å²) < 4.78 is 18.7. The fourth-order valence-corrected chi connectivity index (χ4v) is 1.98. The second-order valence-corrected chi connectivity index (χ2v) is 5.00. The highest BCUT2D eigenvalue weighted by atomic mass is 19.1. The van der Waals surface area contributed by atoms with Gasteiger partial charge >= 0.3 is 0 Å². The number of hydrogen-bond acceptors (Lipinski definition) is 3. The fourth-order valence-electron chi connectivity index (χ4n) is 1.98. The molecule has 0 saturated carbocycles. The van der Waals surface area contributed by atoms with E-state index in [2.05, 4.69) is 17.5 Å². The minimum absolute atomic E-state index is 0.151. The van der Waals surface area contributed by atoms with Crippen LogP contribution in [0.4, 0.5) is 4.39 Å². The van der Waals surface area contributed by atoms with E-state index < -0.39 is 11.7 Å². The summed E-state index contributed by atoms with van der Waals surface area (Å²) in [4.78, 5) is 11.6. The molecule has 4 nitrogen and oxygen atoms in total. The highest BCUT2D eigenvalue weighted by molar-refractivity contribution is 5.83. The van der Waals surface area contributed by atoms with Crippen molar-refractivity contribution in [3.63, 3.8) is 0 Å². The molecule has 0 aliphatic rings. The van der Waals surface area contributed by atoms with E-state index in [-0.39, 0.29) is 6.61 Å². The summed E-state index contributed by atoms with van der Waals surface area (Å²) >= 11 is 0. The maximum atomic E-state index is 13.3. The predicted molar refractivity (Wildman–Crippen MR) is 88.1 cm³/mol. The topological polar surface area (TPSA) is 50.7 Å². The molecule has 5 heteroatoms. The Morgan fingerprint density at radius 2 is 1.96 bits per heavy atom. The van der Waals surface area contributed by atoms with E-state index in [1.54, 1.807) is 18.2 Å². The Morgan fingerprint density at radius 1 is 1.22 bits per heavy atom. The summed E-state index contributed by atoms with van der Waals surface area (Å²) in [5.74, 6) is -0.178. The van der Waals surface area contributed by atoms with Crippen LogP contribution in [0.1, 0.15) is 24.5 Å². The zero-order chi connectivity index (χ0) is 16.5. The van der Waals surface area contributed by atoms with Crippen LogP contribution in [-0.4, -0.2) is 18.7 Å². The largest absolute Gasteiger partial charge is 0.484 e. The van der Waals surface area contributed by atoms with Crippen LogP contribution in [0.15, 0.2) is 53.6 Å². The van der Waals surface area contributed by atoms with Crippen molar-refractivity contribution in [2.75, 3.05) is 6.61 Å². The number of nitrogens with zero attached hydrogens (tertiary/aromatic N) is 1. The smallest absolute Gasteiger partial charge is 0.277 e. The molecule has 120 valence electrons. The van der Waals surface area contributed by atoms with Gasteiger partial charge in [-0.15, -0.1) is 0 Å². The minimum Gasteiger partial charge on any atom is -0.484 e. The van der Waals surface area contributed by atoms with Crippen LogP contribution in [0, 0.1) is 5.82 Å². The molecule has 1 N–H and O–H groups in total. The van der Waals surface area contributed by atoms with Gasteiger partial charge in [0.05, 0.1) is 6.21 Å². The Kier molecular flexibility index (Phi) is 6.29. The summed E-state index contributed by atoms with van der Waals surface area (Å²) in [7, 11) is 0. The van der Waals surface area contributed by atoms with Crippen LogP contribution in [0.25, 0.3) is 0 Å². The number of hydrazone groups is 1. The van der Waals surface area contributed by atoms with E-state index >= 15 is 0 Å². The van der Waals surface area contributed by atoms with Gasteiger partial charge in [0, 0.05) is 5.56 Å². The number of halogens is 1. The van der Waals surface area contributed by atoms with Crippen molar-refractivity contribution in [1.29, 1.82) is 0 Å². The van der Waals surface area contributed by atoms with E-state index in [1.165, 1.54) is 17.8 Å². The second-order valence-electron chi connectivity index (χ2n) is 5.00. The van der Waals surface area contributed by atoms with Crippen LogP contribution < -0.4 is 10.2 Å². The SMILES string of the molecule is CCCc1ccc(OCC(=O)N/N=C/c2ccccc2F)cc1. The molecule has 0 aromatic heterocycles. The van der Waals surface area contributed by atoms with Gasteiger partial charge in [-0.2, -0.15) is 5.10 Å². The van der Waals surface area contributed by atoms with Crippen molar-refractivity contribution >= 4 is 12.1 Å². The van der Waals surface area contributed by atoms with Gasteiger partial charge in [0.15, 0.2) is 6.61 Å². The van der Waals surface area contributed by atoms with Crippen molar-refractivity contribution in [3.05, 3.63) is 65.5 Å². The summed E-state index contributed by atoms with van der Waals surface area (Å²) in [5, 5.41) is 3.71. The van der Waals surface area contributed by atoms with Crippen LogP contribution in [0.2, 0.25) is 0 Å². The van der Waals surface area contributed by atoms with Gasteiger partial charge < -0.3 is 4.74 Å². The number of rotatable bonds is 7. The molecule has 0 fully saturated rings. The van der Waals surface area contributed by atoms with Gasteiger partial charge in [-0.05, 0) is 30.2 Å². The molecule has 0 unspecified atom stereocenters. The lowest BCUT2D eigenvalue weighted by Gasteiger charge is -2.06. The molecular weight excluding hydrogens is 295 g/mol. The molecule has 0 atom stereocenters. The van der Waals surface area contributed by atoms with Crippen LogP contribution in [0.3, 0.4) is 0 Å². The number of benzene rings is 2. The Morgan fingerprint density at radius 3 is 2.65 bits per heavy atom. The highest BCUT2D eigenvalue weighted by Crippen LogP contribution is 2.13. The van der Waals surface area contributed by atoms with E-state index in [9.17, 15) is 9.18 Å². The maximum Gasteiger partial charge on any atom is 0.277 e. The molecule has 0 radical (unpaired) electrons. The quantitative estimate of drug-likeness (QED) is 0.629. The molecular formula is C18H19FN2O2. The third-order valence-electron chi connectivity index (χ3n) is 3.13. The Bertz CT molecular complexity index is 669. The van der Waals surface area contributed by atoms with Crippen LogP contribution in [-0.2, 0) is 11.2 Å². The van der Waals surface area contributed by atoms with Gasteiger partial charge in [-0.3, -0.25) is 4.79 Å². The number of carbonyl (C=O) groups is 1. The number of aryl methyl sites for hydroxylation is 1. The normalized spacial score (nSPS) is 10.7. The lowest BCUT2D eigenvalue weighted by Crippen LogP contribution is -2.24. The first kappa shape index (κ1) is 16.7. The number of ether oxygens (including phenoxy) is 1. The van der Waals surface area contributed by atoms with E-state index in [4.69, 9.17) is 4.74 Å². The summed E-state index contributed by atoms with van der Waals surface area (Å²) in [6.45, 7) is 1.97. The average molecular weight is 314 g/mol. The Hall–Kier alpha value is -2.69. The summed E-state index contributed by atoms with van der Waals surface area (Å²) in [5.41, 5.74) is 3.84. The Labute approximate surface area is 135 Å². The van der Waals surface area contributed by atoms with E-state index in [1.807, 2.05) is 24.3 Å². The maximum absolute atomic E-state index is 13.3. The lowest BCUT2D eigenvalue weighted by atomic mass is 10.1. The first-order valence-corrected chi connectivity index (χ1v) is 7.47. The Balaban J connectivity index is 1.78. The first-order chi connectivity index (χ1) is 11.2. The summed E-state index contributed by atoms with van der Waals surface area (Å²) in [6, 6.07) is 13.8. The standard InChI is InChI=1S/C18H19FN2O2/c1-2-5-14-8-10-16(11-9-14)23-13-18(22)21-20-12-15-6-3-4-7-17(15)19/h3-4,6-12H,2,5,13H2,1H3,(H,21,22)/b20-12+. The number of carbonyl (C=O) groups excluding carboxylic acids is 1. The van der Waals surface area contributed by atoms with Gasteiger partial charge in [-0.25, -0.2) is 9.82 Å². The van der Waals surface area contributed by atoms with Gasteiger partial charge in [0.1, 0.15) is 11.6 Å². The molecule has 0 saturated heterocycles. The number of amides is 1. The van der Waals surface area contributed by atoms with Crippen molar-refractivity contribution in [2.24, 2.45) is 5.10 Å². The van der Waals surface area contributed by atoms with Gasteiger partial charge in [0.25, 0.3) is 5.91 Å². The van der Waals surface area contributed by atoms with Gasteiger partial charge in [-0.1, -0.05) is 43.7 Å². The zero-order valence-corrected chi connectivity index (χ0v) is 13.0. The second kappa shape index (κ2) is 8.68. The number of hydrogen-bond donors (Lipinski definition) is 1. The number of nitrogens with one attached hydrogen (secondary N) is 1. The molecule has 1 amide bonds. The van der Waals surface area contributed by atoms with E-state index in [0.29, 0.717) is 11.3 Å². The van der Waals surface area contributed by atoms with Gasteiger partial charge in [0.2, 0.25) is 0 Å². The van der Waals surface area contributed by atoms with Crippen LogP contribution in [0.5, 0.6) is 5.75 Å². The summed E-state index contributed by atoms with van der Waals surface area (Å²) in [6.07, 6.45) is 3.36. The lowest BCUT2D eigenvalue weighted by molar-refractivity contribution is -0.123. The monoisotopic (exact) mass is 314 g/mol. The molecule has 2 aromatic rings. The van der Waals surface area contributed by atoms with Crippen molar-refractivity contribution < 1.29 is 13.9 Å². The minimum atomic E-state index is -0.407. The molecule has 0 heterocycles. The van der Waals surface area contributed by atoms with E-state index in [0.717, 1.165) is 12.8 Å². The molecule has 2 rings (SSSR count).